The minimum atomic E-state index is -1.14. The number of hydrogen-bond donors (Lipinski definition) is 1. The normalized spacial score (nSPS) is 13.7. The van der Waals surface area contributed by atoms with E-state index in [1.54, 1.807) is 20.8 Å². The molecule has 0 saturated carbocycles. The molecule has 0 radical (unpaired) electrons. The van der Waals surface area contributed by atoms with Crippen LogP contribution >= 0.6 is 0 Å². The number of carboxylic acid groups (broad SMARTS) is 1. The molecule has 0 aromatic heterocycles. The summed E-state index contributed by atoms with van der Waals surface area (Å²) in [7, 11) is 0. The van der Waals surface area contributed by atoms with Crippen molar-refractivity contribution in [2.24, 2.45) is 0 Å². The molecule has 1 amide bonds. The number of aryl methyl sites for hydroxylation is 2. The fourth-order valence-corrected chi connectivity index (χ4v) is 4.94. The number of ether oxygens (including phenoxy) is 1. The number of benzene rings is 3. The maximum Gasteiger partial charge on any atom is 0.411 e. The van der Waals surface area contributed by atoms with Gasteiger partial charge in [0, 0.05) is 12.5 Å². The van der Waals surface area contributed by atoms with Crippen molar-refractivity contribution in [2.75, 3.05) is 0 Å². The summed E-state index contributed by atoms with van der Waals surface area (Å²) in [5, 5.41) is 10.5. The second-order valence-electron chi connectivity index (χ2n) is 10.0. The topological polar surface area (TPSA) is 66.8 Å². The lowest BCUT2D eigenvalue weighted by Gasteiger charge is -2.35. The minimum absolute atomic E-state index is 0.134. The van der Waals surface area contributed by atoms with Gasteiger partial charge in [0.2, 0.25) is 0 Å². The van der Waals surface area contributed by atoms with Gasteiger partial charge in [-0.05, 0) is 62.4 Å². The monoisotopic (exact) mass is 457 g/mol. The lowest BCUT2D eigenvalue weighted by Crippen LogP contribution is -2.49. The SMILES string of the molecule is Cc1cc(C)cc(CN(C(=O)OC(C)(C)C)C(C(=O)O)C2c3ccccc3-c3ccccc32)c1. The molecule has 0 bridgehead atoms. The Morgan fingerprint density at radius 3 is 1.88 bits per heavy atom. The second-order valence-corrected chi connectivity index (χ2v) is 10.0. The van der Waals surface area contributed by atoms with Crippen LogP contribution in [-0.4, -0.2) is 33.7 Å². The fraction of sp³-hybridized carbons (Fsp3) is 0.310. The number of nitrogens with zero attached hydrogens (tertiary/aromatic N) is 1. The molecule has 34 heavy (non-hydrogen) atoms. The molecule has 176 valence electrons. The van der Waals surface area contributed by atoms with Crippen molar-refractivity contribution in [3.8, 4) is 11.1 Å². The number of aliphatic carboxylic acids is 1. The van der Waals surface area contributed by atoms with E-state index in [1.165, 1.54) is 4.90 Å². The molecule has 1 atom stereocenters. The number of carbonyl (C=O) groups is 2. The maximum atomic E-state index is 13.5. The van der Waals surface area contributed by atoms with Crippen molar-refractivity contribution in [3.05, 3.63) is 94.5 Å². The Hall–Kier alpha value is -3.60. The summed E-state index contributed by atoms with van der Waals surface area (Å²) in [6, 6.07) is 20.6. The van der Waals surface area contributed by atoms with Gasteiger partial charge in [-0.1, -0.05) is 77.9 Å². The van der Waals surface area contributed by atoms with Crippen LogP contribution in [0.1, 0.15) is 54.5 Å². The van der Waals surface area contributed by atoms with Crippen molar-refractivity contribution < 1.29 is 19.4 Å². The van der Waals surface area contributed by atoms with Gasteiger partial charge >= 0.3 is 12.1 Å². The number of rotatable bonds is 5. The van der Waals surface area contributed by atoms with Crippen LogP contribution < -0.4 is 0 Å². The third-order valence-electron chi connectivity index (χ3n) is 6.05. The molecule has 5 nitrogen and oxygen atoms in total. The van der Waals surface area contributed by atoms with Crippen LogP contribution in [0.4, 0.5) is 4.79 Å². The van der Waals surface area contributed by atoms with Crippen molar-refractivity contribution >= 4 is 12.1 Å². The van der Waals surface area contributed by atoms with E-state index in [1.807, 2.05) is 74.5 Å². The summed E-state index contributed by atoms with van der Waals surface area (Å²) in [6.07, 6.45) is -0.638. The zero-order chi connectivity index (χ0) is 24.6. The van der Waals surface area contributed by atoms with Crippen molar-refractivity contribution in [2.45, 2.75) is 58.7 Å². The van der Waals surface area contributed by atoms with Gasteiger partial charge in [-0.3, -0.25) is 4.90 Å². The molecule has 0 saturated heterocycles. The molecule has 3 aromatic rings. The Morgan fingerprint density at radius 2 is 1.41 bits per heavy atom. The molecule has 1 N–H and O–H groups in total. The highest BCUT2D eigenvalue weighted by molar-refractivity contribution is 5.87. The third kappa shape index (κ3) is 4.69. The highest BCUT2D eigenvalue weighted by Gasteiger charge is 2.44. The molecule has 1 unspecified atom stereocenters. The molecule has 1 aliphatic rings. The van der Waals surface area contributed by atoms with Crippen LogP contribution in [0.15, 0.2) is 66.7 Å². The van der Waals surface area contributed by atoms with Gasteiger partial charge in [0.05, 0.1) is 0 Å². The average molecular weight is 458 g/mol. The van der Waals surface area contributed by atoms with Gasteiger partial charge in [-0.2, -0.15) is 0 Å². The summed E-state index contributed by atoms with van der Waals surface area (Å²) in [6.45, 7) is 9.48. The summed E-state index contributed by atoms with van der Waals surface area (Å²) in [5.41, 5.74) is 6.05. The van der Waals surface area contributed by atoms with Gasteiger partial charge in [-0.25, -0.2) is 9.59 Å². The summed E-state index contributed by atoms with van der Waals surface area (Å²) in [5.74, 6) is -1.57. The largest absolute Gasteiger partial charge is 0.480 e. The van der Waals surface area contributed by atoms with E-state index in [9.17, 15) is 14.7 Å². The van der Waals surface area contributed by atoms with E-state index < -0.39 is 29.6 Å². The molecule has 0 heterocycles. The van der Waals surface area contributed by atoms with E-state index in [0.29, 0.717) is 0 Å². The predicted molar refractivity (Wildman–Crippen MR) is 133 cm³/mol. The first-order valence-corrected chi connectivity index (χ1v) is 11.5. The van der Waals surface area contributed by atoms with Crippen LogP contribution in [0.3, 0.4) is 0 Å². The van der Waals surface area contributed by atoms with Crippen LogP contribution in [-0.2, 0) is 16.1 Å². The Morgan fingerprint density at radius 1 is 0.912 bits per heavy atom. The number of carboxylic acids is 1. The van der Waals surface area contributed by atoms with E-state index >= 15 is 0 Å². The maximum absolute atomic E-state index is 13.5. The number of fused-ring (bicyclic) bond motifs is 3. The smallest absolute Gasteiger partial charge is 0.411 e. The highest BCUT2D eigenvalue weighted by atomic mass is 16.6. The van der Waals surface area contributed by atoms with Gasteiger partial charge in [0.15, 0.2) is 0 Å². The van der Waals surface area contributed by atoms with Gasteiger partial charge in [0.25, 0.3) is 0 Å². The molecule has 0 fully saturated rings. The first-order valence-electron chi connectivity index (χ1n) is 11.5. The van der Waals surface area contributed by atoms with E-state index in [-0.39, 0.29) is 6.54 Å². The van der Waals surface area contributed by atoms with Crippen LogP contribution in [0, 0.1) is 13.8 Å². The zero-order valence-electron chi connectivity index (χ0n) is 20.3. The first-order chi connectivity index (χ1) is 16.0. The first kappa shape index (κ1) is 23.6. The van der Waals surface area contributed by atoms with Gasteiger partial charge < -0.3 is 9.84 Å². The van der Waals surface area contributed by atoms with Crippen LogP contribution in [0.5, 0.6) is 0 Å². The molecular weight excluding hydrogens is 426 g/mol. The fourth-order valence-electron chi connectivity index (χ4n) is 4.94. The van der Waals surface area contributed by atoms with Crippen LogP contribution in [0.2, 0.25) is 0 Å². The summed E-state index contributed by atoms with van der Waals surface area (Å²) in [4.78, 5) is 27.8. The standard InChI is InChI=1S/C29H31NO4/c1-18-14-19(2)16-20(15-18)17-30(28(33)34-29(3,4)5)26(27(31)32)25-23-12-8-6-10-21(23)22-11-7-9-13-24(22)25/h6-16,25-26H,17H2,1-5H3,(H,31,32). The second kappa shape index (κ2) is 8.98. The predicted octanol–water partition coefficient (Wildman–Crippen LogP) is 6.31. The number of amides is 1. The van der Waals surface area contributed by atoms with Crippen molar-refractivity contribution in [3.63, 3.8) is 0 Å². The van der Waals surface area contributed by atoms with Gasteiger partial charge in [0.1, 0.15) is 11.6 Å². The third-order valence-corrected chi connectivity index (χ3v) is 6.05. The van der Waals surface area contributed by atoms with Crippen molar-refractivity contribution in [1.29, 1.82) is 0 Å². The molecule has 0 aliphatic heterocycles. The Kier molecular flexibility index (Phi) is 6.22. The number of carbonyl (C=O) groups excluding carboxylic acids is 1. The minimum Gasteiger partial charge on any atom is -0.480 e. The van der Waals surface area contributed by atoms with Crippen molar-refractivity contribution in [1.82, 2.24) is 4.90 Å². The Labute approximate surface area is 201 Å². The lowest BCUT2D eigenvalue weighted by atomic mass is 9.88. The van der Waals surface area contributed by atoms with Crippen LogP contribution in [0.25, 0.3) is 11.1 Å². The van der Waals surface area contributed by atoms with E-state index in [0.717, 1.165) is 38.9 Å². The Balaban J connectivity index is 1.85. The molecule has 4 rings (SSSR count). The average Bonchev–Trinajstić information content (AvgIpc) is 3.06. The molecule has 0 spiro atoms. The molecule has 1 aliphatic carbocycles. The highest BCUT2D eigenvalue weighted by Crippen LogP contribution is 2.47. The van der Waals surface area contributed by atoms with E-state index in [4.69, 9.17) is 4.74 Å². The molecule has 3 aromatic carbocycles. The zero-order valence-corrected chi connectivity index (χ0v) is 20.3. The molecule has 5 heteroatoms. The molecular formula is C29H31NO4. The number of hydrogen-bond acceptors (Lipinski definition) is 3. The quantitative estimate of drug-likeness (QED) is 0.488. The summed E-state index contributed by atoms with van der Waals surface area (Å²) >= 11 is 0. The lowest BCUT2D eigenvalue weighted by molar-refractivity contribution is -0.144. The van der Waals surface area contributed by atoms with Gasteiger partial charge in [-0.15, -0.1) is 0 Å². The Bertz CT molecular complexity index is 1180. The summed E-state index contributed by atoms with van der Waals surface area (Å²) < 4.78 is 5.72. The van der Waals surface area contributed by atoms with E-state index in [2.05, 4.69) is 6.07 Å².